The second-order valence-electron chi connectivity index (χ2n) is 13.0. The van der Waals surface area contributed by atoms with Gasteiger partial charge in [0.25, 0.3) is 0 Å². The second-order valence-corrected chi connectivity index (χ2v) is 13.0. The van der Waals surface area contributed by atoms with Crippen LogP contribution < -0.4 is 9.64 Å². The van der Waals surface area contributed by atoms with Gasteiger partial charge in [-0.15, -0.1) is 0 Å². The van der Waals surface area contributed by atoms with E-state index >= 15 is 8.78 Å². The summed E-state index contributed by atoms with van der Waals surface area (Å²) in [6.07, 6.45) is 5.02. The molecule has 2 aromatic carbocycles. The predicted octanol–water partition coefficient (Wildman–Crippen LogP) is 6.69. The fourth-order valence-electron chi connectivity index (χ4n) is 8.24. The third kappa shape index (κ3) is 4.56. The first-order valence-electron chi connectivity index (χ1n) is 16.0. The monoisotopic (exact) mass is 626 g/mol. The number of nitriles is 1. The van der Waals surface area contributed by atoms with E-state index in [4.69, 9.17) is 14.7 Å². The molecule has 8 nitrogen and oxygen atoms in total. The van der Waals surface area contributed by atoms with E-state index in [-0.39, 0.29) is 59.0 Å². The van der Waals surface area contributed by atoms with Crippen LogP contribution in [0.3, 0.4) is 0 Å². The minimum absolute atomic E-state index is 0.0120. The number of aromatic hydroxyl groups is 1. The van der Waals surface area contributed by atoms with E-state index in [1.807, 2.05) is 4.90 Å². The molecular formula is C35H33F3N6O2. The summed E-state index contributed by atoms with van der Waals surface area (Å²) in [6, 6.07) is 7.94. The van der Waals surface area contributed by atoms with E-state index in [1.54, 1.807) is 0 Å². The number of fused-ring (bicyclic) bond motifs is 5. The molecule has 11 heteroatoms. The Morgan fingerprint density at radius 2 is 1.93 bits per heavy atom. The highest BCUT2D eigenvalue weighted by atomic mass is 19.1. The lowest BCUT2D eigenvalue weighted by atomic mass is 9.86. The first-order chi connectivity index (χ1) is 22.3. The summed E-state index contributed by atoms with van der Waals surface area (Å²) in [6.45, 7) is 5.37. The Kier molecular flexibility index (Phi) is 7.01. The first-order valence-corrected chi connectivity index (χ1v) is 16.0. The summed E-state index contributed by atoms with van der Waals surface area (Å²) in [7, 11) is 0. The number of benzene rings is 2. The van der Waals surface area contributed by atoms with E-state index in [0.717, 1.165) is 32.1 Å². The van der Waals surface area contributed by atoms with Gasteiger partial charge in [0.05, 0.1) is 23.1 Å². The molecule has 4 aliphatic rings. The van der Waals surface area contributed by atoms with E-state index in [1.165, 1.54) is 30.3 Å². The number of halogens is 3. The van der Waals surface area contributed by atoms with Gasteiger partial charge in [0.15, 0.2) is 12.0 Å². The van der Waals surface area contributed by atoms with Gasteiger partial charge in [-0.2, -0.15) is 15.2 Å². The highest BCUT2D eigenvalue weighted by Gasteiger charge is 2.42. The number of pyridine rings is 1. The molecule has 8 rings (SSSR count). The summed E-state index contributed by atoms with van der Waals surface area (Å²) < 4.78 is 53.1. The largest absolute Gasteiger partial charge is 0.508 e. The molecule has 4 aliphatic heterocycles. The topological polar surface area (TPSA) is 98.4 Å². The Labute approximate surface area is 264 Å². The average Bonchev–Trinajstić information content (AvgIpc) is 3.17. The number of alkyl halides is 1. The van der Waals surface area contributed by atoms with Gasteiger partial charge >= 0.3 is 6.01 Å². The summed E-state index contributed by atoms with van der Waals surface area (Å²) in [4.78, 5) is 18.4. The number of ether oxygens (including phenoxy) is 1. The molecule has 0 amide bonds. The van der Waals surface area contributed by atoms with Crippen LogP contribution in [0.4, 0.5) is 19.0 Å². The number of anilines is 1. The molecule has 3 saturated heterocycles. The van der Waals surface area contributed by atoms with Crippen molar-refractivity contribution in [3.63, 3.8) is 0 Å². The maximum absolute atomic E-state index is 17.1. The van der Waals surface area contributed by atoms with E-state index in [2.05, 4.69) is 22.5 Å². The normalized spacial score (nSPS) is 27.1. The fraction of sp³-hybridized carbons (Fsp3) is 0.429. The third-order valence-corrected chi connectivity index (χ3v) is 10.2. The average molecular weight is 627 g/mol. The fourth-order valence-corrected chi connectivity index (χ4v) is 8.24. The molecule has 4 unspecified atom stereocenters. The summed E-state index contributed by atoms with van der Waals surface area (Å²) >= 11 is 0. The second kappa shape index (κ2) is 11.1. The lowest BCUT2D eigenvalue weighted by Gasteiger charge is -2.45. The lowest BCUT2D eigenvalue weighted by molar-refractivity contribution is -0.0989. The van der Waals surface area contributed by atoms with Crippen LogP contribution in [0.25, 0.3) is 39.0 Å². The molecule has 6 heterocycles. The van der Waals surface area contributed by atoms with Gasteiger partial charge in [0.2, 0.25) is 0 Å². The minimum Gasteiger partial charge on any atom is -0.508 e. The molecule has 46 heavy (non-hydrogen) atoms. The number of hydrogen-bond acceptors (Lipinski definition) is 8. The van der Waals surface area contributed by atoms with E-state index in [0.29, 0.717) is 47.2 Å². The molecule has 0 saturated carbocycles. The molecule has 6 atom stereocenters. The van der Waals surface area contributed by atoms with Crippen molar-refractivity contribution in [2.45, 2.75) is 63.4 Å². The first kappa shape index (κ1) is 29.0. The molecule has 2 bridgehead atoms. The smallest absolute Gasteiger partial charge is 0.320 e. The van der Waals surface area contributed by atoms with Crippen molar-refractivity contribution in [2.24, 2.45) is 11.8 Å². The highest BCUT2D eigenvalue weighted by Crippen LogP contribution is 2.44. The Morgan fingerprint density at radius 3 is 2.74 bits per heavy atom. The van der Waals surface area contributed by atoms with Gasteiger partial charge in [-0.3, -0.25) is 4.90 Å². The van der Waals surface area contributed by atoms with Crippen LogP contribution in [-0.4, -0.2) is 63.0 Å². The predicted molar refractivity (Wildman–Crippen MR) is 168 cm³/mol. The molecule has 2 aromatic heterocycles. The van der Waals surface area contributed by atoms with Gasteiger partial charge in [-0.25, -0.2) is 18.2 Å². The van der Waals surface area contributed by atoms with Gasteiger partial charge in [-0.1, -0.05) is 18.7 Å². The lowest BCUT2D eigenvalue weighted by Crippen LogP contribution is -2.55. The van der Waals surface area contributed by atoms with Crippen LogP contribution in [0.2, 0.25) is 0 Å². The van der Waals surface area contributed by atoms with Gasteiger partial charge < -0.3 is 14.7 Å². The van der Waals surface area contributed by atoms with Crippen LogP contribution in [-0.2, 0) is 6.42 Å². The van der Waals surface area contributed by atoms with E-state index < -0.39 is 30.0 Å². The van der Waals surface area contributed by atoms with Crippen LogP contribution in [0.1, 0.15) is 49.8 Å². The summed E-state index contributed by atoms with van der Waals surface area (Å²) in [5, 5.41) is 22.3. The summed E-state index contributed by atoms with van der Waals surface area (Å²) in [5.74, 6) is -1.45. The maximum atomic E-state index is 17.1. The van der Waals surface area contributed by atoms with Crippen LogP contribution in [0.15, 0.2) is 30.8 Å². The molecule has 1 N–H and O–H groups in total. The SMILES string of the molecule is C=Cc1c(F)ccc2cc(O)cc(-c3nc4c5c(nc(OC6[C@@H]7CCCN6C[C@H](F)C7)nc5c3F)N3CCCCC3C(C#N)C4)c12. The van der Waals surface area contributed by atoms with Crippen molar-refractivity contribution in [2.75, 3.05) is 24.5 Å². The molecule has 0 radical (unpaired) electrons. The maximum Gasteiger partial charge on any atom is 0.320 e. The number of phenols is 1. The number of hydrogen-bond donors (Lipinski definition) is 1. The molecular weight excluding hydrogens is 593 g/mol. The van der Waals surface area contributed by atoms with E-state index in [9.17, 15) is 14.8 Å². The third-order valence-electron chi connectivity index (χ3n) is 10.2. The van der Waals surface area contributed by atoms with Crippen molar-refractivity contribution in [1.29, 1.82) is 5.26 Å². The van der Waals surface area contributed by atoms with Crippen molar-refractivity contribution in [3.8, 4) is 29.1 Å². The molecule has 236 valence electrons. The van der Waals surface area contributed by atoms with Gasteiger partial charge in [-0.05, 0) is 62.1 Å². The standard InChI is InChI=1S/C35H33F3N6O2/c1-2-23-25(37)9-8-18-13-22(45)15-24(28(18)23)31-30(38)32-29-26(40-31)14-20(16-39)27-7-3-4-11-44(27)33(29)42-35(41-32)46-34-19-6-5-10-43(34)17-21(36)12-19/h2,8-9,13,15,19-21,27,34,45H,1,3-7,10-12,14,17H2/t19-,20?,21-,27?,34?/m1/s1. The zero-order chi connectivity index (χ0) is 31.7. The Morgan fingerprint density at radius 1 is 1.07 bits per heavy atom. The van der Waals surface area contributed by atoms with Crippen LogP contribution in [0.5, 0.6) is 11.8 Å². The zero-order valence-electron chi connectivity index (χ0n) is 25.2. The van der Waals surface area contributed by atoms with Crippen molar-refractivity contribution >= 4 is 33.6 Å². The van der Waals surface area contributed by atoms with Crippen molar-refractivity contribution in [3.05, 3.63) is 53.7 Å². The van der Waals surface area contributed by atoms with Crippen LogP contribution >= 0.6 is 0 Å². The minimum atomic E-state index is -0.930. The number of rotatable bonds is 4. The molecule has 3 fully saturated rings. The molecule has 0 spiro atoms. The summed E-state index contributed by atoms with van der Waals surface area (Å²) in [5.41, 5.74) is 0.654. The highest BCUT2D eigenvalue weighted by molar-refractivity contribution is 6.04. The number of piperidine rings is 3. The Hall–Kier alpha value is -4.43. The van der Waals surface area contributed by atoms with Gasteiger partial charge in [0, 0.05) is 54.5 Å². The van der Waals surface area contributed by atoms with Crippen molar-refractivity contribution < 1.29 is 23.0 Å². The van der Waals surface area contributed by atoms with Crippen molar-refractivity contribution in [1.82, 2.24) is 19.9 Å². The van der Waals surface area contributed by atoms with Crippen LogP contribution in [0, 0.1) is 34.8 Å². The molecule has 0 aliphatic carbocycles. The number of phenolic OH excluding ortho intramolecular Hbond substituents is 1. The molecule has 4 aromatic rings. The Balaban J connectivity index is 1.38. The quantitative estimate of drug-likeness (QED) is 0.268. The Bertz CT molecular complexity index is 1930. The zero-order valence-corrected chi connectivity index (χ0v) is 25.2. The number of aromatic nitrogens is 3. The van der Waals surface area contributed by atoms with Gasteiger partial charge in [0.1, 0.15) is 34.8 Å². The number of nitrogens with zero attached hydrogens (tertiary/aromatic N) is 6.